The van der Waals surface area contributed by atoms with Crippen molar-refractivity contribution in [2.75, 3.05) is 11.9 Å². The number of fused-ring (bicyclic) bond motifs is 2. The molecule has 0 bridgehead atoms. The molecule has 12 heteroatoms. The minimum atomic E-state index is -0.593. The molecule has 2 aromatic heterocycles. The molecule has 4 aromatic rings. The molecule has 5 rings (SSSR count). The molecule has 3 heterocycles. The van der Waals surface area contributed by atoms with Gasteiger partial charge in [0.15, 0.2) is 12.3 Å². The van der Waals surface area contributed by atoms with Crippen LogP contribution in [0.4, 0.5) is 5.69 Å². The number of benzene rings is 2. The van der Waals surface area contributed by atoms with Crippen LogP contribution >= 0.6 is 0 Å². The summed E-state index contributed by atoms with van der Waals surface area (Å²) in [5, 5.41) is 12.4. The van der Waals surface area contributed by atoms with Gasteiger partial charge in [-0.3, -0.25) is 19.2 Å². The number of carbonyl (C=O) groups is 4. The Bertz CT molecular complexity index is 1610. The second kappa shape index (κ2) is 10.0. The molecule has 12 nitrogen and oxygen atoms in total. The molecule has 1 aliphatic rings. The highest BCUT2D eigenvalue weighted by Gasteiger charge is 2.19. The number of amides is 4. The minimum Gasteiger partial charge on any atom is -0.482 e. The van der Waals surface area contributed by atoms with Crippen LogP contribution in [0, 0.1) is 6.92 Å². The Balaban J connectivity index is 1.32. The Hall–Kier alpha value is -5.26. The van der Waals surface area contributed by atoms with Crippen LogP contribution in [0.3, 0.4) is 0 Å². The summed E-state index contributed by atoms with van der Waals surface area (Å²) in [4.78, 5) is 53.7. The predicted molar refractivity (Wildman–Crippen MR) is 136 cm³/mol. The van der Waals surface area contributed by atoms with Gasteiger partial charge in [0.1, 0.15) is 17.1 Å². The number of nitrogens with zero attached hydrogens (tertiary/aromatic N) is 3. The minimum absolute atomic E-state index is 0.0194. The van der Waals surface area contributed by atoms with Crippen LogP contribution in [0.2, 0.25) is 0 Å². The molecular weight excluding hydrogens is 490 g/mol. The summed E-state index contributed by atoms with van der Waals surface area (Å²) < 4.78 is 6.67. The van der Waals surface area contributed by atoms with Crippen LogP contribution in [0.15, 0.2) is 54.7 Å². The van der Waals surface area contributed by atoms with Crippen molar-refractivity contribution < 1.29 is 23.9 Å². The number of carbonyl (C=O) groups excluding carboxylic acids is 4. The molecule has 2 aromatic carbocycles. The maximum absolute atomic E-state index is 13.1. The zero-order valence-electron chi connectivity index (χ0n) is 20.3. The summed E-state index contributed by atoms with van der Waals surface area (Å²) in [7, 11) is 0. The molecule has 0 atom stereocenters. The highest BCUT2D eigenvalue weighted by molar-refractivity contribution is 5.99. The fourth-order valence-corrected chi connectivity index (χ4v) is 4.04. The van der Waals surface area contributed by atoms with Crippen LogP contribution in [-0.2, 0) is 17.9 Å². The predicted octanol–water partition coefficient (Wildman–Crippen LogP) is 1.33. The molecule has 0 fully saturated rings. The first-order chi connectivity index (χ1) is 18.3. The van der Waals surface area contributed by atoms with Gasteiger partial charge >= 0.3 is 0 Å². The van der Waals surface area contributed by atoms with Gasteiger partial charge in [0, 0.05) is 30.8 Å². The summed E-state index contributed by atoms with van der Waals surface area (Å²) in [6.45, 7) is 1.99. The number of primary amides is 1. The lowest BCUT2D eigenvalue weighted by Gasteiger charge is -2.18. The average molecular weight is 514 g/mol. The summed E-state index contributed by atoms with van der Waals surface area (Å²) in [5.41, 5.74) is 8.90. The van der Waals surface area contributed by atoms with Gasteiger partial charge in [0.05, 0.1) is 11.9 Å². The standard InChI is InChI=1S/C26H23N7O5/c1-14-2-4-16(17(8-14)24(27)35)12-29-26(37)20-10-19(31-22-6-7-30-33(20)22)25(36)28-11-15-3-5-21-18(9-15)32-23(34)13-38-21/h2-10H,11-13H2,1H3,(H2,27,35)(H,28,36)(H,29,37)(H,32,34). The van der Waals surface area contributed by atoms with Gasteiger partial charge in [0.2, 0.25) is 5.91 Å². The Morgan fingerprint density at radius 1 is 1.05 bits per heavy atom. The number of nitrogens with one attached hydrogen (secondary N) is 3. The van der Waals surface area contributed by atoms with Gasteiger partial charge in [-0.1, -0.05) is 23.8 Å². The Morgan fingerprint density at radius 3 is 2.68 bits per heavy atom. The normalized spacial score (nSPS) is 12.3. The molecule has 4 amide bonds. The quantitative estimate of drug-likeness (QED) is 0.289. The van der Waals surface area contributed by atoms with Gasteiger partial charge in [0.25, 0.3) is 17.7 Å². The number of aromatic nitrogens is 3. The number of anilines is 1. The first-order valence-electron chi connectivity index (χ1n) is 11.6. The van der Waals surface area contributed by atoms with Crippen molar-refractivity contribution in [3.05, 3.63) is 88.4 Å². The van der Waals surface area contributed by atoms with Crippen LogP contribution in [-0.4, -0.2) is 44.8 Å². The van der Waals surface area contributed by atoms with Crippen LogP contribution in [0.5, 0.6) is 5.75 Å². The molecule has 38 heavy (non-hydrogen) atoms. The largest absolute Gasteiger partial charge is 0.482 e. The Kier molecular flexibility index (Phi) is 6.44. The molecular formula is C26H23N7O5. The van der Waals surface area contributed by atoms with Crippen molar-refractivity contribution >= 4 is 35.0 Å². The number of hydrogen-bond acceptors (Lipinski definition) is 7. The van der Waals surface area contributed by atoms with Gasteiger partial charge in [-0.2, -0.15) is 5.10 Å². The SMILES string of the molecule is Cc1ccc(CNC(=O)c2cc(C(=O)NCc3ccc4c(c3)NC(=O)CO4)nc3ccnn23)c(C(N)=O)c1. The summed E-state index contributed by atoms with van der Waals surface area (Å²) >= 11 is 0. The molecule has 0 spiro atoms. The van der Waals surface area contributed by atoms with E-state index in [0.29, 0.717) is 28.2 Å². The van der Waals surface area contributed by atoms with Gasteiger partial charge in [-0.25, -0.2) is 9.50 Å². The lowest BCUT2D eigenvalue weighted by Crippen LogP contribution is -2.29. The molecule has 0 saturated carbocycles. The first-order valence-corrected chi connectivity index (χ1v) is 11.6. The van der Waals surface area contributed by atoms with Crippen LogP contribution in [0.1, 0.15) is 48.0 Å². The second-order valence-corrected chi connectivity index (χ2v) is 8.69. The van der Waals surface area contributed by atoms with E-state index in [4.69, 9.17) is 10.5 Å². The molecule has 0 unspecified atom stereocenters. The monoisotopic (exact) mass is 513 g/mol. The zero-order valence-corrected chi connectivity index (χ0v) is 20.3. The summed E-state index contributed by atoms with van der Waals surface area (Å²) in [6, 6.07) is 13.3. The highest BCUT2D eigenvalue weighted by Crippen LogP contribution is 2.28. The Morgan fingerprint density at radius 2 is 1.87 bits per heavy atom. The molecule has 0 aliphatic carbocycles. The van der Waals surface area contributed by atoms with E-state index in [0.717, 1.165) is 11.1 Å². The van der Waals surface area contributed by atoms with Crippen molar-refractivity contribution in [2.24, 2.45) is 5.73 Å². The van der Waals surface area contributed by atoms with E-state index in [1.54, 1.807) is 36.4 Å². The number of ether oxygens (including phenoxy) is 1. The van der Waals surface area contributed by atoms with Crippen molar-refractivity contribution in [1.82, 2.24) is 25.2 Å². The van der Waals surface area contributed by atoms with E-state index in [2.05, 4.69) is 26.0 Å². The number of aryl methyl sites for hydroxylation is 1. The molecule has 1 aliphatic heterocycles. The number of rotatable bonds is 7. The average Bonchev–Trinajstić information content (AvgIpc) is 3.38. The van der Waals surface area contributed by atoms with E-state index in [-0.39, 0.29) is 37.0 Å². The maximum atomic E-state index is 13.1. The van der Waals surface area contributed by atoms with E-state index in [1.807, 2.05) is 13.0 Å². The smallest absolute Gasteiger partial charge is 0.270 e. The third kappa shape index (κ3) is 5.00. The number of nitrogens with two attached hydrogens (primary N) is 1. The molecule has 0 radical (unpaired) electrons. The Labute approximate surface area is 216 Å². The fourth-order valence-electron chi connectivity index (χ4n) is 4.04. The topological polar surface area (TPSA) is 170 Å². The van der Waals surface area contributed by atoms with E-state index < -0.39 is 17.7 Å². The summed E-state index contributed by atoms with van der Waals surface area (Å²) in [5.74, 6) is -1.32. The van der Waals surface area contributed by atoms with Crippen molar-refractivity contribution in [3.8, 4) is 5.75 Å². The maximum Gasteiger partial charge on any atom is 0.270 e. The molecule has 5 N–H and O–H groups in total. The van der Waals surface area contributed by atoms with Crippen LogP contribution < -0.4 is 26.4 Å². The van der Waals surface area contributed by atoms with E-state index in [1.165, 1.54) is 16.8 Å². The summed E-state index contributed by atoms with van der Waals surface area (Å²) in [6.07, 6.45) is 1.47. The van der Waals surface area contributed by atoms with Gasteiger partial charge in [-0.05, 0) is 36.2 Å². The third-order valence-electron chi connectivity index (χ3n) is 5.92. The van der Waals surface area contributed by atoms with Crippen molar-refractivity contribution in [1.29, 1.82) is 0 Å². The lowest BCUT2D eigenvalue weighted by atomic mass is 10.0. The van der Waals surface area contributed by atoms with Gasteiger partial charge in [-0.15, -0.1) is 0 Å². The van der Waals surface area contributed by atoms with E-state index >= 15 is 0 Å². The second-order valence-electron chi connectivity index (χ2n) is 8.69. The van der Waals surface area contributed by atoms with E-state index in [9.17, 15) is 19.2 Å². The zero-order chi connectivity index (χ0) is 26.8. The first kappa shape index (κ1) is 24.4. The fraction of sp³-hybridized carbons (Fsp3) is 0.154. The van der Waals surface area contributed by atoms with Crippen molar-refractivity contribution in [2.45, 2.75) is 20.0 Å². The lowest BCUT2D eigenvalue weighted by molar-refractivity contribution is -0.118. The van der Waals surface area contributed by atoms with Crippen molar-refractivity contribution in [3.63, 3.8) is 0 Å². The van der Waals surface area contributed by atoms with Gasteiger partial charge < -0.3 is 26.4 Å². The van der Waals surface area contributed by atoms with Crippen LogP contribution in [0.25, 0.3) is 5.65 Å². The molecule has 192 valence electrons. The highest BCUT2D eigenvalue weighted by atomic mass is 16.5. The third-order valence-corrected chi connectivity index (χ3v) is 5.92. The molecule has 0 saturated heterocycles. The number of hydrogen-bond donors (Lipinski definition) is 4.